The second kappa shape index (κ2) is 8.06. The molecular weight excluding hydrogens is 376 g/mol. The molecule has 7 heteroatoms. The van der Waals surface area contributed by atoms with Crippen LogP contribution in [-0.2, 0) is 19.1 Å². The number of nitrogens with zero attached hydrogens (tertiary/aromatic N) is 1. The number of thioether (sulfide) groups is 1. The highest BCUT2D eigenvalue weighted by molar-refractivity contribution is 7.99. The predicted octanol–water partition coefficient (Wildman–Crippen LogP) is 2.69. The van der Waals surface area contributed by atoms with E-state index in [1.165, 1.54) is 0 Å². The minimum Gasteiger partial charge on any atom is -0.454 e. The van der Waals surface area contributed by atoms with Gasteiger partial charge in [0.1, 0.15) is 6.04 Å². The van der Waals surface area contributed by atoms with Crippen LogP contribution in [0.3, 0.4) is 0 Å². The molecule has 6 nitrogen and oxygen atoms in total. The zero-order valence-electron chi connectivity index (χ0n) is 15.2. The molecule has 4 rings (SSSR count). The third-order valence-electron chi connectivity index (χ3n) is 4.90. The number of anilines is 1. The molecule has 2 amide bonds. The maximum Gasteiger partial charge on any atom is 0.329 e. The molecule has 2 aliphatic heterocycles. The standard InChI is InChI=1S/C21H20N2O4S/c24-19-11-10-15(22-19)21(26)27-12-20(25)23-16-8-4-5-9-18(16)28-13-17(23)14-6-2-1-3-7-14/h1-9,15,17H,10-13H2,(H,22,24)/t15-,17-/m0/s1. The number of nitrogens with one attached hydrogen (secondary N) is 1. The molecule has 1 N–H and O–H groups in total. The van der Waals surface area contributed by atoms with E-state index in [2.05, 4.69) is 5.32 Å². The maximum absolute atomic E-state index is 13.1. The van der Waals surface area contributed by atoms with Crippen LogP contribution < -0.4 is 10.2 Å². The largest absolute Gasteiger partial charge is 0.454 e. The van der Waals surface area contributed by atoms with Gasteiger partial charge in [0.25, 0.3) is 5.91 Å². The number of carbonyl (C=O) groups is 3. The van der Waals surface area contributed by atoms with Crippen LogP contribution in [0.2, 0.25) is 0 Å². The van der Waals surface area contributed by atoms with Crippen molar-refractivity contribution in [3.05, 3.63) is 60.2 Å². The van der Waals surface area contributed by atoms with Gasteiger partial charge in [-0.2, -0.15) is 0 Å². The molecule has 0 aliphatic carbocycles. The van der Waals surface area contributed by atoms with E-state index < -0.39 is 12.0 Å². The molecule has 2 aromatic rings. The van der Waals surface area contributed by atoms with Crippen LogP contribution in [0.25, 0.3) is 0 Å². The van der Waals surface area contributed by atoms with Crippen LogP contribution in [0.5, 0.6) is 0 Å². The molecule has 144 valence electrons. The first-order valence-electron chi connectivity index (χ1n) is 9.18. The fourth-order valence-electron chi connectivity index (χ4n) is 3.51. The number of para-hydroxylation sites is 1. The molecular formula is C21H20N2O4S. The number of carbonyl (C=O) groups excluding carboxylic acids is 3. The highest BCUT2D eigenvalue weighted by Crippen LogP contribution is 2.43. The summed E-state index contributed by atoms with van der Waals surface area (Å²) in [5, 5.41) is 2.57. The number of rotatable bonds is 4. The van der Waals surface area contributed by atoms with E-state index in [1.54, 1.807) is 16.7 Å². The van der Waals surface area contributed by atoms with Gasteiger partial charge in [-0.05, 0) is 24.1 Å². The first-order valence-corrected chi connectivity index (χ1v) is 10.2. The Kier molecular flexibility index (Phi) is 5.34. The van der Waals surface area contributed by atoms with Crippen LogP contribution >= 0.6 is 11.8 Å². The highest BCUT2D eigenvalue weighted by atomic mass is 32.2. The van der Waals surface area contributed by atoms with E-state index in [9.17, 15) is 14.4 Å². The van der Waals surface area contributed by atoms with Crippen LogP contribution in [-0.4, -0.2) is 36.2 Å². The SMILES string of the molecule is O=C1CC[C@@H](C(=O)OCC(=O)N2c3ccccc3SC[C@H]2c2ccccc2)N1. The summed E-state index contributed by atoms with van der Waals surface area (Å²) in [4.78, 5) is 39.3. The van der Waals surface area contributed by atoms with Gasteiger partial charge >= 0.3 is 5.97 Å². The Labute approximate surface area is 167 Å². The van der Waals surface area contributed by atoms with Gasteiger partial charge in [0.15, 0.2) is 6.61 Å². The summed E-state index contributed by atoms with van der Waals surface area (Å²) in [6, 6.07) is 16.8. The molecule has 0 spiro atoms. The molecule has 2 aromatic carbocycles. The number of fused-ring (bicyclic) bond motifs is 1. The average Bonchev–Trinajstić information content (AvgIpc) is 3.18. The van der Waals surface area contributed by atoms with E-state index in [0.717, 1.165) is 21.9 Å². The Hall–Kier alpha value is -2.80. The monoisotopic (exact) mass is 396 g/mol. The second-order valence-corrected chi connectivity index (χ2v) is 7.80. The Morgan fingerprint density at radius 3 is 2.61 bits per heavy atom. The van der Waals surface area contributed by atoms with Crippen molar-refractivity contribution in [3.63, 3.8) is 0 Å². The van der Waals surface area contributed by atoms with Crippen LogP contribution in [0.1, 0.15) is 24.4 Å². The minimum absolute atomic E-state index is 0.140. The van der Waals surface area contributed by atoms with Gasteiger partial charge in [-0.3, -0.25) is 14.5 Å². The minimum atomic E-state index is -0.658. The van der Waals surface area contributed by atoms with Gasteiger partial charge in [-0.25, -0.2) is 4.79 Å². The number of amides is 2. The lowest BCUT2D eigenvalue weighted by atomic mass is 10.1. The fraction of sp³-hybridized carbons (Fsp3) is 0.286. The molecule has 0 bridgehead atoms. The van der Waals surface area contributed by atoms with Gasteiger partial charge in [0, 0.05) is 17.1 Å². The quantitative estimate of drug-likeness (QED) is 0.805. The highest BCUT2D eigenvalue weighted by Gasteiger charge is 2.34. The molecule has 2 heterocycles. The molecule has 0 saturated carbocycles. The van der Waals surface area contributed by atoms with E-state index in [4.69, 9.17) is 4.74 Å². The number of ether oxygens (including phenoxy) is 1. The summed E-state index contributed by atoms with van der Waals surface area (Å²) in [5.74, 6) is -0.284. The number of esters is 1. The molecule has 2 atom stereocenters. The summed E-state index contributed by atoms with van der Waals surface area (Å²) in [6.07, 6.45) is 0.711. The topological polar surface area (TPSA) is 75.7 Å². The van der Waals surface area contributed by atoms with Gasteiger partial charge in [-0.1, -0.05) is 42.5 Å². The zero-order chi connectivity index (χ0) is 19.5. The van der Waals surface area contributed by atoms with Crippen molar-refractivity contribution < 1.29 is 19.1 Å². The van der Waals surface area contributed by atoms with Gasteiger partial charge < -0.3 is 10.1 Å². The van der Waals surface area contributed by atoms with Crippen molar-refractivity contribution in [2.75, 3.05) is 17.3 Å². The van der Waals surface area contributed by atoms with E-state index >= 15 is 0 Å². The Morgan fingerprint density at radius 1 is 1.11 bits per heavy atom. The summed E-state index contributed by atoms with van der Waals surface area (Å²) in [5.41, 5.74) is 1.86. The summed E-state index contributed by atoms with van der Waals surface area (Å²) < 4.78 is 5.24. The van der Waals surface area contributed by atoms with Crippen molar-refractivity contribution in [2.45, 2.75) is 29.8 Å². The molecule has 1 fully saturated rings. The van der Waals surface area contributed by atoms with E-state index in [0.29, 0.717) is 12.8 Å². The van der Waals surface area contributed by atoms with Gasteiger partial charge in [0.05, 0.1) is 11.7 Å². The lowest BCUT2D eigenvalue weighted by Gasteiger charge is -2.37. The predicted molar refractivity (Wildman–Crippen MR) is 106 cm³/mol. The van der Waals surface area contributed by atoms with Crippen molar-refractivity contribution in [3.8, 4) is 0 Å². The third-order valence-corrected chi connectivity index (χ3v) is 6.04. The van der Waals surface area contributed by atoms with Crippen molar-refractivity contribution >= 4 is 35.2 Å². The zero-order valence-corrected chi connectivity index (χ0v) is 16.0. The molecule has 0 aromatic heterocycles. The first kappa shape index (κ1) is 18.6. The molecule has 28 heavy (non-hydrogen) atoms. The molecule has 0 radical (unpaired) electrons. The first-order chi connectivity index (χ1) is 13.6. The number of hydrogen-bond acceptors (Lipinski definition) is 5. The van der Waals surface area contributed by atoms with Gasteiger partial charge in [0.2, 0.25) is 5.91 Å². The van der Waals surface area contributed by atoms with E-state index in [1.807, 2.05) is 54.6 Å². The molecule has 0 unspecified atom stereocenters. The fourth-order valence-corrected chi connectivity index (χ4v) is 4.68. The summed E-state index contributed by atoms with van der Waals surface area (Å²) in [6.45, 7) is -0.354. The lowest BCUT2D eigenvalue weighted by Crippen LogP contribution is -2.42. The van der Waals surface area contributed by atoms with E-state index in [-0.39, 0.29) is 24.5 Å². The molecule has 1 saturated heterocycles. The second-order valence-electron chi connectivity index (χ2n) is 6.74. The Bertz CT molecular complexity index is 902. The van der Waals surface area contributed by atoms with Crippen LogP contribution in [0.15, 0.2) is 59.5 Å². The van der Waals surface area contributed by atoms with Crippen molar-refractivity contribution in [1.29, 1.82) is 0 Å². The van der Waals surface area contributed by atoms with Gasteiger partial charge in [-0.15, -0.1) is 11.8 Å². The van der Waals surface area contributed by atoms with Crippen molar-refractivity contribution in [1.82, 2.24) is 5.32 Å². The average molecular weight is 396 g/mol. The Balaban J connectivity index is 1.54. The lowest BCUT2D eigenvalue weighted by molar-refractivity contribution is -0.150. The van der Waals surface area contributed by atoms with Crippen LogP contribution in [0.4, 0.5) is 5.69 Å². The summed E-state index contributed by atoms with van der Waals surface area (Å²) in [7, 11) is 0. The Morgan fingerprint density at radius 2 is 1.86 bits per heavy atom. The van der Waals surface area contributed by atoms with Crippen molar-refractivity contribution in [2.24, 2.45) is 0 Å². The number of benzene rings is 2. The third kappa shape index (κ3) is 3.75. The van der Waals surface area contributed by atoms with Crippen LogP contribution in [0, 0.1) is 0 Å². The smallest absolute Gasteiger partial charge is 0.329 e. The maximum atomic E-state index is 13.1. The normalized spacial score (nSPS) is 21.0. The number of hydrogen-bond donors (Lipinski definition) is 1. The summed E-state index contributed by atoms with van der Waals surface area (Å²) >= 11 is 1.71. The molecule has 2 aliphatic rings.